The number of nitrogens with zero attached hydrogens (tertiary/aromatic N) is 2. The lowest BCUT2D eigenvalue weighted by atomic mass is 9.88. The zero-order valence-corrected chi connectivity index (χ0v) is 21.4. The third-order valence-corrected chi connectivity index (χ3v) is 7.20. The van der Waals surface area contributed by atoms with Crippen molar-refractivity contribution in [2.45, 2.75) is 25.2 Å². The number of benzene rings is 3. The summed E-state index contributed by atoms with van der Waals surface area (Å²) in [7, 11) is 2.05. The highest BCUT2D eigenvalue weighted by atomic mass is 35.5. The molecule has 2 heterocycles. The van der Waals surface area contributed by atoms with Crippen LogP contribution in [0.3, 0.4) is 0 Å². The van der Waals surface area contributed by atoms with E-state index < -0.39 is 0 Å². The summed E-state index contributed by atoms with van der Waals surface area (Å²) in [6, 6.07) is 23.7. The number of hydrogen-bond donors (Lipinski definition) is 1. The number of para-hydroxylation sites is 1. The molecule has 186 valence electrons. The van der Waals surface area contributed by atoms with Gasteiger partial charge in [-0.2, -0.15) is 0 Å². The number of amides is 1. The lowest BCUT2D eigenvalue weighted by Crippen LogP contribution is -2.34. The van der Waals surface area contributed by atoms with Crippen molar-refractivity contribution in [3.05, 3.63) is 95.1 Å². The molecular weight excluding hydrogens is 470 g/mol. The Morgan fingerprint density at radius 3 is 2.58 bits per heavy atom. The maximum absolute atomic E-state index is 13.1. The maximum Gasteiger partial charge on any atom is 0.220 e. The minimum absolute atomic E-state index is 0.0659. The van der Waals surface area contributed by atoms with Crippen LogP contribution in [0.2, 0.25) is 5.02 Å². The molecule has 1 aliphatic heterocycles. The summed E-state index contributed by atoms with van der Waals surface area (Å²) in [4.78, 5) is 15.6. The van der Waals surface area contributed by atoms with E-state index in [0.29, 0.717) is 18.0 Å². The second kappa shape index (κ2) is 11.2. The maximum atomic E-state index is 13.1. The number of fused-ring (bicyclic) bond motifs is 1. The van der Waals surface area contributed by atoms with Crippen molar-refractivity contribution in [3.8, 4) is 11.5 Å². The fraction of sp³-hybridized carbons (Fsp3) is 0.300. The van der Waals surface area contributed by atoms with Crippen LogP contribution in [-0.4, -0.2) is 41.6 Å². The lowest BCUT2D eigenvalue weighted by molar-refractivity contribution is -0.121. The molecule has 1 aromatic heterocycles. The van der Waals surface area contributed by atoms with Gasteiger partial charge >= 0.3 is 0 Å². The van der Waals surface area contributed by atoms with Gasteiger partial charge in [-0.05, 0) is 79.5 Å². The summed E-state index contributed by atoms with van der Waals surface area (Å²) in [6.45, 7) is 3.86. The van der Waals surface area contributed by atoms with Gasteiger partial charge in [-0.3, -0.25) is 4.79 Å². The standard InChI is InChI=1S/C30H32ClN3O2/c1-33-21-28(26-9-2-3-10-29(26)33)27(20-30(35)32-15-18-34-16-4-5-17-34)22-7-6-8-25(19-22)36-24-13-11-23(31)12-14-24/h2-3,6-14,19,21,27H,4-5,15-18,20H2,1H3,(H,32,35). The Bertz CT molecular complexity index is 1330. The first-order valence-electron chi connectivity index (χ1n) is 12.6. The van der Waals surface area contributed by atoms with Crippen LogP contribution in [-0.2, 0) is 11.8 Å². The SMILES string of the molecule is Cn1cc(C(CC(=O)NCCN2CCCC2)c2cccc(Oc3ccc(Cl)cc3)c2)c2ccccc21. The van der Waals surface area contributed by atoms with Gasteiger partial charge in [0, 0.05) is 54.6 Å². The highest BCUT2D eigenvalue weighted by molar-refractivity contribution is 6.30. The number of rotatable bonds is 9. The van der Waals surface area contributed by atoms with E-state index in [2.05, 4.69) is 52.3 Å². The monoisotopic (exact) mass is 501 g/mol. The number of nitrogens with one attached hydrogen (secondary N) is 1. The van der Waals surface area contributed by atoms with Crippen LogP contribution in [0.5, 0.6) is 11.5 Å². The fourth-order valence-electron chi connectivity index (χ4n) is 5.11. The van der Waals surface area contributed by atoms with Crippen LogP contribution >= 0.6 is 11.6 Å². The van der Waals surface area contributed by atoms with E-state index in [4.69, 9.17) is 16.3 Å². The number of carbonyl (C=O) groups excluding carboxylic acids is 1. The van der Waals surface area contributed by atoms with Crippen molar-refractivity contribution in [3.63, 3.8) is 0 Å². The van der Waals surface area contributed by atoms with Gasteiger partial charge in [0.25, 0.3) is 0 Å². The smallest absolute Gasteiger partial charge is 0.220 e. The molecule has 1 atom stereocenters. The Morgan fingerprint density at radius 2 is 1.78 bits per heavy atom. The second-order valence-electron chi connectivity index (χ2n) is 9.50. The molecule has 0 spiro atoms. The quantitative estimate of drug-likeness (QED) is 0.290. The number of likely N-dealkylation sites (tertiary alicyclic amines) is 1. The van der Waals surface area contributed by atoms with E-state index in [9.17, 15) is 4.79 Å². The summed E-state index contributed by atoms with van der Waals surface area (Å²) in [6.07, 6.45) is 5.04. The molecule has 0 radical (unpaired) electrons. The molecule has 4 aromatic rings. The Balaban J connectivity index is 1.40. The van der Waals surface area contributed by atoms with Gasteiger partial charge in [-0.1, -0.05) is 41.9 Å². The molecule has 36 heavy (non-hydrogen) atoms. The molecule has 3 aromatic carbocycles. The summed E-state index contributed by atoms with van der Waals surface area (Å²) >= 11 is 6.02. The van der Waals surface area contributed by atoms with Crippen molar-refractivity contribution < 1.29 is 9.53 Å². The van der Waals surface area contributed by atoms with E-state index in [0.717, 1.165) is 47.8 Å². The van der Waals surface area contributed by atoms with Crippen LogP contribution in [0, 0.1) is 0 Å². The average molecular weight is 502 g/mol. The number of ether oxygens (including phenoxy) is 1. The van der Waals surface area contributed by atoms with Crippen LogP contribution in [0.15, 0.2) is 79.0 Å². The molecular formula is C30H32ClN3O2. The van der Waals surface area contributed by atoms with Crippen molar-refractivity contribution in [2.75, 3.05) is 26.2 Å². The predicted octanol–water partition coefficient (Wildman–Crippen LogP) is 6.36. The average Bonchev–Trinajstić information content (AvgIpc) is 3.52. The van der Waals surface area contributed by atoms with Crippen molar-refractivity contribution in [1.82, 2.24) is 14.8 Å². The molecule has 6 heteroatoms. The first-order chi connectivity index (χ1) is 17.6. The van der Waals surface area contributed by atoms with Crippen LogP contribution in [0.4, 0.5) is 0 Å². The zero-order chi connectivity index (χ0) is 24.9. The van der Waals surface area contributed by atoms with E-state index in [-0.39, 0.29) is 11.8 Å². The summed E-state index contributed by atoms with van der Waals surface area (Å²) < 4.78 is 8.25. The second-order valence-corrected chi connectivity index (χ2v) is 9.93. The van der Waals surface area contributed by atoms with Crippen LogP contribution in [0.25, 0.3) is 10.9 Å². The minimum atomic E-state index is -0.100. The Kier molecular flexibility index (Phi) is 7.59. The number of aromatic nitrogens is 1. The molecule has 1 saturated heterocycles. The predicted molar refractivity (Wildman–Crippen MR) is 146 cm³/mol. The van der Waals surface area contributed by atoms with E-state index in [1.54, 1.807) is 0 Å². The van der Waals surface area contributed by atoms with Crippen LogP contribution < -0.4 is 10.1 Å². The Hall–Kier alpha value is -3.28. The molecule has 1 fully saturated rings. The van der Waals surface area contributed by atoms with Gasteiger partial charge in [-0.15, -0.1) is 0 Å². The molecule has 0 bridgehead atoms. The van der Waals surface area contributed by atoms with Gasteiger partial charge < -0.3 is 19.5 Å². The van der Waals surface area contributed by atoms with Crippen molar-refractivity contribution >= 4 is 28.4 Å². The van der Waals surface area contributed by atoms with Crippen molar-refractivity contribution in [1.29, 1.82) is 0 Å². The first-order valence-corrected chi connectivity index (χ1v) is 13.0. The molecule has 1 unspecified atom stereocenters. The molecule has 1 N–H and O–H groups in total. The molecule has 5 rings (SSSR count). The fourth-order valence-corrected chi connectivity index (χ4v) is 5.23. The summed E-state index contributed by atoms with van der Waals surface area (Å²) in [5, 5.41) is 5.00. The van der Waals surface area contributed by atoms with Gasteiger partial charge in [0.05, 0.1) is 0 Å². The third kappa shape index (κ3) is 5.75. The Labute approximate surface area is 217 Å². The zero-order valence-electron chi connectivity index (χ0n) is 20.6. The molecule has 5 nitrogen and oxygen atoms in total. The Morgan fingerprint density at radius 1 is 1.00 bits per heavy atom. The number of aryl methyl sites for hydroxylation is 1. The largest absolute Gasteiger partial charge is 0.457 e. The van der Waals surface area contributed by atoms with Gasteiger partial charge in [-0.25, -0.2) is 0 Å². The van der Waals surface area contributed by atoms with Crippen LogP contribution in [0.1, 0.15) is 36.3 Å². The van der Waals surface area contributed by atoms with E-state index >= 15 is 0 Å². The van der Waals surface area contributed by atoms with Gasteiger partial charge in [0.15, 0.2) is 0 Å². The number of carbonyl (C=O) groups is 1. The molecule has 0 saturated carbocycles. The highest BCUT2D eigenvalue weighted by Gasteiger charge is 2.23. The van der Waals surface area contributed by atoms with Crippen molar-refractivity contribution in [2.24, 2.45) is 7.05 Å². The third-order valence-electron chi connectivity index (χ3n) is 6.95. The number of hydrogen-bond acceptors (Lipinski definition) is 3. The summed E-state index contributed by atoms with van der Waals surface area (Å²) in [5.41, 5.74) is 3.35. The highest BCUT2D eigenvalue weighted by Crippen LogP contribution is 2.36. The van der Waals surface area contributed by atoms with E-state index in [1.165, 1.54) is 18.2 Å². The van der Waals surface area contributed by atoms with Gasteiger partial charge in [0.1, 0.15) is 11.5 Å². The van der Waals surface area contributed by atoms with Gasteiger partial charge in [0.2, 0.25) is 5.91 Å². The normalized spacial score (nSPS) is 14.7. The molecule has 1 aliphatic rings. The molecule has 1 amide bonds. The lowest BCUT2D eigenvalue weighted by Gasteiger charge is -2.19. The first kappa shape index (κ1) is 24.4. The minimum Gasteiger partial charge on any atom is -0.457 e. The number of halogens is 1. The van der Waals surface area contributed by atoms with E-state index in [1.807, 2.05) is 48.5 Å². The summed E-state index contributed by atoms with van der Waals surface area (Å²) in [5.74, 6) is 1.42. The molecule has 0 aliphatic carbocycles. The topological polar surface area (TPSA) is 46.5 Å².